The molecule has 2 N–H and O–H groups in total. The second-order valence-electron chi connectivity index (χ2n) is 6.99. The van der Waals surface area contributed by atoms with E-state index in [2.05, 4.69) is 33.1 Å². The summed E-state index contributed by atoms with van der Waals surface area (Å²) in [6.07, 6.45) is 2.86. The Hall–Kier alpha value is -3.00. The van der Waals surface area contributed by atoms with Crippen molar-refractivity contribution in [3.05, 3.63) is 42.2 Å². The average Bonchev–Trinajstić information content (AvgIpc) is 3.03. The van der Waals surface area contributed by atoms with Gasteiger partial charge in [-0.05, 0) is 31.2 Å². The van der Waals surface area contributed by atoms with Crippen LogP contribution < -0.4 is 20.1 Å². The minimum Gasteiger partial charge on any atom is -0.490 e. The molecule has 28 heavy (non-hydrogen) atoms. The van der Waals surface area contributed by atoms with Gasteiger partial charge in [0.15, 0.2) is 11.5 Å². The Morgan fingerprint density at radius 2 is 1.96 bits per heavy atom. The number of anilines is 1. The summed E-state index contributed by atoms with van der Waals surface area (Å²) in [5.74, 6) is 0.911. The maximum absolute atomic E-state index is 12.3. The van der Waals surface area contributed by atoms with Crippen LogP contribution >= 0.6 is 0 Å². The number of nitrogens with one attached hydrogen (secondary N) is 2. The van der Waals surface area contributed by atoms with Crippen LogP contribution in [0, 0.1) is 0 Å². The fourth-order valence-electron chi connectivity index (χ4n) is 3.60. The molecular weight excluding hydrogens is 360 g/mol. The Morgan fingerprint density at radius 3 is 2.82 bits per heavy atom. The summed E-state index contributed by atoms with van der Waals surface area (Å²) in [7, 11) is 0. The van der Waals surface area contributed by atoms with Gasteiger partial charge in [-0.3, -0.25) is 15.0 Å². The van der Waals surface area contributed by atoms with E-state index in [9.17, 15) is 9.59 Å². The molecule has 2 aromatic rings. The topological polar surface area (TPSA) is 84.8 Å². The lowest BCUT2D eigenvalue weighted by Crippen LogP contribution is -2.45. The molecule has 8 heteroatoms. The third kappa shape index (κ3) is 3.96. The van der Waals surface area contributed by atoms with Gasteiger partial charge in [0.2, 0.25) is 5.91 Å². The highest BCUT2D eigenvalue weighted by Crippen LogP contribution is 2.32. The monoisotopic (exact) mass is 384 g/mol. The molecule has 1 unspecified atom stereocenters. The first-order valence-corrected chi connectivity index (χ1v) is 9.50. The molecule has 2 aliphatic rings. The van der Waals surface area contributed by atoms with Gasteiger partial charge in [-0.25, -0.2) is 4.79 Å². The molecule has 0 spiro atoms. The molecular formula is C20H24N4O4. The molecule has 3 heterocycles. The number of hydrogen-bond donors (Lipinski definition) is 2. The van der Waals surface area contributed by atoms with Crippen molar-refractivity contribution in [3.63, 3.8) is 0 Å². The van der Waals surface area contributed by atoms with E-state index in [1.54, 1.807) is 18.2 Å². The van der Waals surface area contributed by atoms with Crippen molar-refractivity contribution in [1.29, 1.82) is 0 Å². The number of carbonyl (C=O) groups is 2. The van der Waals surface area contributed by atoms with E-state index in [-0.39, 0.29) is 18.5 Å². The molecule has 0 fully saturated rings. The van der Waals surface area contributed by atoms with E-state index in [0.717, 1.165) is 19.5 Å². The van der Waals surface area contributed by atoms with Crippen molar-refractivity contribution in [2.24, 2.45) is 0 Å². The Bertz CT molecular complexity index is 879. The third-order valence-electron chi connectivity index (χ3n) is 5.07. The van der Waals surface area contributed by atoms with Gasteiger partial charge >= 0.3 is 6.03 Å². The van der Waals surface area contributed by atoms with E-state index >= 15 is 0 Å². The summed E-state index contributed by atoms with van der Waals surface area (Å²) < 4.78 is 13.4. The lowest BCUT2D eigenvalue weighted by Gasteiger charge is -2.34. The first kappa shape index (κ1) is 18.4. The maximum atomic E-state index is 12.3. The lowest BCUT2D eigenvalue weighted by molar-refractivity contribution is -0.121. The van der Waals surface area contributed by atoms with Gasteiger partial charge in [-0.2, -0.15) is 0 Å². The molecule has 1 aromatic carbocycles. The van der Waals surface area contributed by atoms with Crippen molar-refractivity contribution in [2.45, 2.75) is 25.9 Å². The number of urea groups is 1. The van der Waals surface area contributed by atoms with Crippen LogP contribution in [-0.4, -0.2) is 47.7 Å². The number of amides is 3. The highest BCUT2D eigenvalue weighted by atomic mass is 16.5. The van der Waals surface area contributed by atoms with E-state index in [4.69, 9.17) is 9.47 Å². The number of imide groups is 1. The van der Waals surface area contributed by atoms with Crippen LogP contribution in [0.25, 0.3) is 0 Å². The molecule has 0 radical (unpaired) electrons. The van der Waals surface area contributed by atoms with E-state index in [1.807, 2.05) is 12.3 Å². The van der Waals surface area contributed by atoms with Gasteiger partial charge in [0.1, 0.15) is 0 Å². The molecule has 0 aliphatic carbocycles. The van der Waals surface area contributed by atoms with Crippen LogP contribution in [0.4, 0.5) is 10.5 Å². The Morgan fingerprint density at radius 1 is 1.14 bits per heavy atom. The summed E-state index contributed by atoms with van der Waals surface area (Å²) in [5.41, 5.74) is 1.72. The predicted octanol–water partition coefficient (Wildman–Crippen LogP) is 2.37. The lowest BCUT2D eigenvalue weighted by atomic mass is 10.1. The van der Waals surface area contributed by atoms with Gasteiger partial charge in [0, 0.05) is 49.2 Å². The average molecular weight is 384 g/mol. The SMILES string of the molecule is CC1c2cccn2CCN1CC(=O)NC(=O)Nc1ccc2c(c1)OCCCO2. The van der Waals surface area contributed by atoms with E-state index < -0.39 is 6.03 Å². The minimum atomic E-state index is -0.562. The molecule has 148 valence electrons. The summed E-state index contributed by atoms with van der Waals surface area (Å²) in [6.45, 7) is 5.01. The third-order valence-corrected chi connectivity index (χ3v) is 5.07. The number of aromatic nitrogens is 1. The second-order valence-corrected chi connectivity index (χ2v) is 6.99. The zero-order valence-corrected chi connectivity index (χ0v) is 15.8. The van der Waals surface area contributed by atoms with Gasteiger partial charge in [-0.1, -0.05) is 0 Å². The van der Waals surface area contributed by atoms with E-state index in [1.165, 1.54) is 5.69 Å². The highest BCUT2D eigenvalue weighted by Gasteiger charge is 2.25. The largest absolute Gasteiger partial charge is 0.490 e. The second kappa shape index (κ2) is 7.93. The molecule has 0 saturated carbocycles. The first-order chi connectivity index (χ1) is 13.6. The normalized spacial score (nSPS) is 18.7. The summed E-state index contributed by atoms with van der Waals surface area (Å²) in [5, 5.41) is 5.07. The summed E-state index contributed by atoms with van der Waals surface area (Å²) in [6, 6.07) is 8.81. The fourth-order valence-corrected chi connectivity index (χ4v) is 3.60. The van der Waals surface area contributed by atoms with Crippen LogP contribution in [0.5, 0.6) is 11.5 Å². The molecule has 3 amide bonds. The molecule has 0 bridgehead atoms. The van der Waals surface area contributed by atoms with Crippen molar-refractivity contribution in [1.82, 2.24) is 14.8 Å². The molecule has 4 rings (SSSR count). The maximum Gasteiger partial charge on any atom is 0.325 e. The molecule has 1 atom stereocenters. The standard InChI is InChI=1S/C20H24N4O4/c1-14-16-4-2-7-23(16)8-9-24(14)13-19(25)22-20(26)21-15-5-6-17-18(12-15)28-11-3-10-27-17/h2,4-7,12,14H,3,8-11,13H2,1H3,(H2,21,22,25,26). The highest BCUT2D eigenvalue weighted by molar-refractivity contribution is 6.01. The quantitative estimate of drug-likeness (QED) is 0.849. The van der Waals surface area contributed by atoms with Crippen molar-refractivity contribution < 1.29 is 19.1 Å². The van der Waals surface area contributed by atoms with Crippen LogP contribution in [0.3, 0.4) is 0 Å². The van der Waals surface area contributed by atoms with E-state index in [0.29, 0.717) is 30.4 Å². The van der Waals surface area contributed by atoms with Crippen LogP contribution in [-0.2, 0) is 11.3 Å². The van der Waals surface area contributed by atoms with Crippen LogP contribution in [0.15, 0.2) is 36.5 Å². The first-order valence-electron chi connectivity index (χ1n) is 9.50. The minimum absolute atomic E-state index is 0.124. The Labute approximate surface area is 163 Å². The van der Waals surface area contributed by atoms with Crippen molar-refractivity contribution in [3.8, 4) is 11.5 Å². The molecule has 1 aromatic heterocycles. The molecule has 0 saturated heterocycles. The Kier molecular flexibility index (Phi) is 5.21. The molecule has 2 aliphatic heterocycles. The smallest absolute Gasteiger partial charge is 0.325 e. The zero-order chi connectivity index (χ0) is 19.5. The van der Waals surface area contributed by atoms with Gasteiger partial charge in [0.25, 0.3) is 0 Å². The van der Waals surface area contributed by atoms with Gasteiger partial charge < -0.3 is 19.4 Å². The zero-order valence-electron chi connectivity index (χ0n) is 15.8. The number of rotatable bonds is 3. The summed E-state index contributed by atoms with van der Waals surface area (Å²) >= 11 is 0. The summed E-state index contributed by atoms with van der Waals surface area (Å²) in [4.78, 5) is 26.6. The Balaban J connectivity index is 1.31. The van der Waals surface area contributed by atoms with Crippen molar-refractivity contribution in [2.75, 3.05) is 31.6 Å². The van der Waals surface area contributed by atoms with Gasteiger partial charge in [0.05, 0.1) is 19.8 Å². The number of benzene rings is 1. The number of hydrogen-bond acceptors (Lipinski definition) is 5. The van der Waals surface area contributed by atoms with Crippen molar-refractivity contribution >= 4 is 17.6 Å². The number of nitrogens with zero attached hydrogens (tertiary/aromatic N) is 2. The van der Waals surface area contributed by atoms with Gasteiger partial charge in [-0.15, -0.1) is 0 Å². The van der Waals surface area contributed by atoms with Crippen LogP contribution in [0.1, 0.15) is 25.1 Å². The molecule has 8 nitrogen and oxygen atoms in total. The predicted molar refractivity (Wildman–Crippen MR) is 104 cm³/mol. The fraction of sp³-hybridized carbons (Fsp3) is 0.400. The van der Waals surface area contributed by atoms with Crippen LogP contribution in [0.2, 0.25) is 0 Å². The number of ether oxygens (including phenoxy) is 2. The number of carbonyl (C=O) groups excluding carboxylic acids is 2. The number of fused-ring (bicyclic) bond motifs is 2.